The topological polar surface area (TPSA) is 120 Å². The number of halogens is 4. The molecule has 0 bridgehead atoms. The minimum atomic E-state index is -5.28. The van der Waals surface area contributed by atoms with Crippen LogP contribution in [0.1, 0.15) is 11.1 Å². The highest BCUT2D eigenvalue weighted by Crippen LogP contribution is 2.40. The summed E-state index contributed by atoms with van der Waals surface area (Å²) in [5.74, 6) is -1.75. The summed E-state index contributed by atoms with van der Waals surface area (Å²) < 4.78 is 42.3. The Labute approximate surface area is 164 Å². The average molecular weight is 491 g/mol. The van der Waals surface area contributed by atoms with Crippen LogP contribution in [0.15, 0.2) is 30.6 Å². The molecule has 27 heavy (non-hydrogen) atoms. The molecule has 0 aliphatic heterocycles. The second-order valence-electron chi connectivity index (χ2n) is 5.89. The maximum absolute atomic E-state index is 13.4. The Morgan fingerprint density at radius 2 is 2.00 bits per heavy atom. The van der Waals surface area contributed by atoms with Crippen molar-refractivity contribution >= 4 is 40.0 Å². The zero-order valence-electron chi connectivity index (χ0n) is 13.8. The van der Waals surface area contributed by atoms with Crippen LogP contribution < -0.4 is 11.5 Å². The minimum absolute atomic E-state index is 0.158. The van der Waals surface area contributed by atoms with Crippen LogP contribution in [0.4, 0.5) is 19.0 Å². The molecular weight excluding hydrogens is 478 g/mol. The second-order valence-corrected chi connectivity index (χ2v) is 6.99. The van der Waals surface area contributed by atoms with Crippen LogP contribution in [0.2, 0.25) is 0 Å². The Hall–Kier alpha value is -2.41. The number of nitrogens with zero attached hydrogens (tertiary/aromatic N) is 3. The highest BCUT2D eigenvalue weighted by molar-refractivity contribution is 14.1. The molecule has 1 atom stereocenters. The van der Waals surface area contributed by atoms with E-state index in [1.54, 1.807) is 17.5 Å². The van der Waals surface area contributed by atoms with Gasteiger partial charge in [-0.3, -0.25) is 9.20 Å². The summed E-state index contributed by atoms with van der Waals surface area (Å²) >= 11 is 1.94. The van der Waals surface area contributed by atoms with Crippen molar-refractivity contribution < 1.29 is 23.1 Å². The molecule has 0 radical (unpaired) electrons. The molecule has 11 heteroatoms. The summed E-state index contributed by atoms with van der Waals surface area (Å²) in [5.41, 5.74) is 7.88. The van der Waals surface area contributed by atoms with Gasteiger partial charge in [0.25, 0.3) is 11.5 Å². The van der Waals surface area contributed by atoms with Crippen LogP contribution in [0, 0.1) is 10.6 Å². The quantitative estimate of drug-likeness (QED) is 0.486. The van der Waals surface area contributed by atoms with Gasteiger partial charge < -0.3 is 16.6 Å². The van der Waals surface area contributed by atoms with Crippen LogP contribution >= 0.6 is 22.6 Å². The van der Waals surface area contributed by atoms with Crippen molar-refractivity contribution in [3.63, 3.8) is 0 Å². The van der Waals surface area contributed by atoms with Gasteiger partial charge in [0.1, 0.15) is 3.70 Å². The number of aryl methyl sites for hydroxylation is 1. The first-order valence-electron chi connectivity index (χ1n) is 7.46. The van der Waals surface area contributed by atoms with Crippen molar-refractivity contribution in [1.82, 2.24) is 14.4 Å². The Bertz CT molecular complexity index is 1070. The average Bonchev–Trinajstić information content (AvgIpc) is 2.97. The molecule has 0 spiro atoms. The first-order chi connectivity index (χ1) is 12.5. The fourth-order valence-electron chi connectivity index (χ4n) is 2.75. The van der Waals surface area contributed by atoms with Crippen molar-refractivity contribution in [3.8, 4) is 11.3 Å². The van der Waals surface area contributed by atoms with E-state index in [1.807, 2.05) is 22.6 Å². The fraction of sp³-hybridized carbons (Fsp3) is 0.188. The van der Waals surface area contributed by atoms with Crippen molar-refractivity contribution in [3.05, 3.63) is 45.4 Å². The number of aliphatic hydroxyl groups is 1. The number of hydrogen-bond acceptors (Lipinski definition) is 5. The normalized spacial score (nSPS) is 14.3. The van der Waals surface area contributed by atoms with E-state index >= 15 is 0 Å². The summed E-state index contributed by atoms with van der Waals surface area (Å²) in [7, 11) is 0. The zero-order valence-corrected chi connectivity index (χ0v) is 15.9. The second kappa shape index (κ2) is 6.34. The standard InChI is InChI=1S/C16H13F3IN5O2/c1-7-2-3-8(15(27,14(22)26)16(17,18)19)4-9(7)10-5-23-13-12(21)24-11(20)6-25(10)13/h2-6,27H,1H3,(H2,21,24)(H2,22,26). The number of rotatable bonds is 3. The molecule has 2 aromatic heterocycles. The van der Waals surface area contributed by atoms with Gasteiger partial charge in [-0.25, -0.2) is 9.97 Å². The number of alkyl halides is 3. The van der Waals surface area contributed by atoms with Gasteiger partial charge in [0, 0.05) is 17.3 Å². The van der Waals surface area contributed by atoms with Crippen LogP contribution in [0.3, 0.4) is 0 Å². The molecule has 3 aromatic rings. The molecule has 0 aliphatic carbocycles. The van der Waals surface area contributed by atoms with Gasteiger partial charge in [0.05, 0.1) is 11.9 Å². The summed E-state index contributed by atoms with van der Waals surface area (Å²) in [6.07, 6.45) is -2.24. The van der Waals surface area contributed by atoms with Gasteiger partial charge in [-0.15, -0.1) is 0 Å². The maximum Gasteiger partial charge on any atom is 0.430 e. The molecule has 5 N–H and O–H groups in total. The Morgan fingerprint density at radius 3 is 2.59 bits per heavy atom. The molecule has 1 aromatic carbocycles. The third kappa shape index (κ3) is 3.00. The highest BCUT2D eigenvalue weighted by atomic mass is 127. The highest BCUT2D eigenvalue weighted by Gasteiger charge is 2.60. The third-order valence-electron chi connectivity index (χ3n) is 4.19. The first kappa shape index (κ1) is 19.4. The molecule has 7 nitrogen and oxygen atoms in total. The SMILES string of the molecule is Cc1ccc(C(O)(C(N)=O)C(F)(F)F)cc1-c1cnc2c(N)nc(I)cn12. The van der Waals surface area contributed by atoms with Crippen LogP contribution in [-0.4, -0.2) is 31.6 Å². The number of benzene rings is 1. The lowest BCUT2D eigenvalue weighted by Crippen LogP contribution is -2.52. The van der Waals surface area contributed by atoms with Crippen molar-refractivity contribution in [2.75, 3.05) is 5.73 Å². The number of fused-ring (bicyclic) bond motifs is 1. The van der Waals surface area contributed by atoms with Gasteiger partial charge in [0.2, 0.25) is 0 Å². The zero-order chi connectivity index (χ0) is 20.1. The van der Waals surface area contributed by atoms with Crippen LogP contribution in [0.25, 0.3) is 16.9 Å². The van der Waals surface area contributed by atoms with Gasteiger partial charge in [-0.1, -0.05) is 12.1 Å². The number of nitrogens with two attached hydrogens (primary N) is 2. The third-order valence-corrected chi connectivity index (χ3v) is 4.71. The van der Waals surface area contributed by atoms with Crippen LogP contribution in [-0.2, 0) is 10.4 Å². The molecule has 0 saturated heterocycles. The van der Waals surface area contributed by atoms with Gasteiger partial charge in [-0.2, -0.15) is 13.2 Å². The molecule has 2 heterocycles. The summed E-state index contributed by atoms with van der Waals surface area (Å²) in [6, 6.07) is 3.44. The first-order valence-corrected chi connectivity index (χ1v) is 8.54. The number of hydrogen-bond donors (Lipinski definition) is 3. The largest absolute Gasteiger partial charge is 0.430 e. The number of amides is 1. The number of primary amides is 1. The van der Waals surface area contributed by atoms with E-state index in [0.717, 1.165) is 12.1 Å². The van der Waals surface area contributed by atoms with E-state index in [1.165, 1.54) is 12.3 Å². The molecule has 0 aliphatic rings. The number of carbonyl (C=O) groups is 1. The maximum atomic E-state index is 13.4. The van der Waals surface area contributed by atoms with E-state index in [9.17, 15) is 23.1 Å². The van der Waals surface area contributed by atoms with Crippen LogP contribution in [0.5, 0.6) is 0 Å². The number of anilines is 1. The van der Waals surface area contributed by atoms with E-state index < -0.39 is 23.2 Å². The molecule has 0 saturated carbocycles. The molecule has 0 fully saturated rings. The van der Waals surface area contributed by atoms with E-state index in [2.05, 4.69) is 9.97 Å². The van der Waals surface area contributed by atoms with Gasteiger partial charge in [-0.05, 0) is 41.1 Å². The summed E-state index contributed by atoms with van der Waals surface area (Å²) in [4.78, 5) is 19.7. The fourth-order valence-corrected chi connectivity index (χ4v) is 3.29. The molecule has 1 amide bonds. The van der Waals surface area contributed by atoms with E-state index in [0.29, 0.717) is 26.2 Å². The predicted molar refractivity (Wildman–Crippen MR) is 99.4 cm³/mol. The number of imidazole rings is 1. The molecule has 1 unspecified atom stereocenters. The Morgan fingerprint density at radius 1 is 1.33 bits per heavy atom. The number of aromatic nitrogens is 3. The van der Waals surface area contributed by atoms with Crippen molar-refractivity contribution in [1.29, 1.82) is 0 Å². The number of nitrogen functional groups attached to an aromatic ring is 1. The summed E-state index contributed by atoms with van der Waals surface area (Å²) in [5, 5.41) is 10.1. The smallest absolute Gasteiger partial charge is 0.381 e. The Kier molecular flexibility index (Phi) is 4.54. The predicted octanol–water partition coefficient (Wildman–Crippen LogP) is 2.13. The summed E-state index contributed by atoms with van der Waals surface area (Å²) in [6.45, 7) is 1.67. The van der Waals surface area contributed by atoms with Crippen molar-refractivity contribution in [2.45, 2.75) is 18.7 Å². The van der Waals surface area contributed by atoms with Crippen molar-refractivity contribution in [2.24, 2.45) is 5.73 Å². The van der Waals surface area contributed by atoms with Gasteiger partial charge >= 0.3 is 6.18 Å². The lowest BCUT2D eigenvalue weighted by molar-refractivity contribution is -0.255. The lowest BCUT2D eigenvalue weighted by Gasteiger charge is -2.28. The van der Waals surface area contributed by atoms with E-state index in [4.69, 9.17) is 11.5 Å². The number of carbonyl (C=O) groups excluding carboxylic acids is 1. The van der Waals surface area contributed by atoms with E-state index in [-0.39, 0.29) is 5.82 Å². The Balaban J connectivity index is 2.28. The lowest BCUT2D eigenvalue weighted by atomic mass is 9.89. The van der Waals surface area contributed by atoms with Gasteiger partial charge in [0.15, 0.2) is 11.5 Å². The molecule has 142 valence electrons. The minimum Gasteiger partial charge on any atom is -0.381 e. The molecule has 3 rings (SSSR count). The molecular formula is C16H13F3IN5O2. The monoisotopic (exact) mass is 491 g/mol.